The lowest BCUT2D eigenvalue weighted by molar-refractivity contribution is -0.677. The van der Waals surface area contributed by atoms with E-state index in [1.165, 1.54) is 49.1 Å². The maximum absolute atomic E-state index is 15.4. The van der Waals surface area contributed by atoms with Crippen molar-refractivity contribution in [2.75, 3.05) is 0 Å². The first-order valence-corrected chi connectivity index (χ1v) is 21.7. The van der Waals surface area contributed by atoms with Gasteiger partial charge in [-0.05, 0) is 56.6 Å². The zero-order chi connectivity index (χ0) is 55.0. The topological polar surface area (TPSA) is 3.88 Å². The van der Waals surface area contributed by atoms with Gasteiger partial charge >= 0.3 is 0 Å². The van der Waals surface area contributed by atoms with Crippen LogP contribution in [0.3, 0.4) is 0 Å². The van der Waals surface area contributed by atoms with Crippen molar-refractivity contribution in [3.05, 3.63) is 243 Å². The van der Waals surface area contributed by atoms with Gasteiger partial charge in [0, 0.05) is 17.7 Å². The molecule has 76 heavy (non-hydrogen) atoms. The first-order chi connectivity index (χ1) is 36.1. The Morgan fingerprint density at radius 1 is 0.276 bits per heavy atom. The molecule has 386 valence electrons. The molecule has 0 aliphatic carbocycles. The van der Waals surface area contributed by atoms with Crippen LogP contribution in [0.5, 0.6) is 0 Å². The maximum Gasteiger partial charge on any atom is 0.214 e. The summed E-state index contributed by atoms with van der Waals surface area (Å²) in [5, 5.41) is 7.69. The van der Waals surface area contributed by atoms with E-state index in [1.807, 2.05) is 0 Å². The Hall–Kier alpha value is -8.43. The summed E-state index contributed by atoms with van der Waals surface area (Å²) in [5.41, 5.74) is -10.5. The number of hydrogen-bond acceptors (Lipinski definition) is 0. The van der Waals surface area contributed by atoms with Crippen LogP contribution >= 0.6 is 0 Å². The third-order valence-corrected chi connectivity index (χ3v) is 12.8. The van der Waals surface area contributed by atoms with Crippen LogP contribution in [0.4, 0.5) is 87.8 Å². The summed E-state index contributed by atoms with van der Waals surface area (Å²) in [7, 11) is 0. The van der Waals surface area contributed by atoms with E-state index in [1.54, 1.807) is 0 Å². The van der Waals surface area contributed by atoms with Crippen molar-refractivity contribution < 1.29 is 92.4 Å². The Bertz CT molecular complexity index is 3650. The lowest BCUT2D eigenvalue weighted by Gasteiger charge is -2.44. The minimum absolute atomic E-state index is 0.843. The molecule has 0 saturated carbocycles. The predicted octanol–water partition coefficient (Wildman–Crippen LogP) is 13.0. The average Bonchev–Trinajstić information content (AvgIpc) is 3.59. The van der Waals surface area contributed by atoms with E-state index < -0.39 is 144 Å². The Morgan fingerprint density at radius 2 is 0.592 bits per heavy atom. The zero-order valence-corrected chi connectivity index (χ0v) is 37.3. The van der Waals surface area contributed by atoms with Gasteiger partial charge in [0.05, 0.1) is 5.56 Å². The van der Waals surface area contributed by atoms with Gasteiger partial charge in [0.25, 0.3) is 0 Å². The molecule has 10 rings (SSSR count). The second-order valence-electron chi connectivity index (χ2n) is 16.9. The molecule has 1 heterocycles. The smallest absolute Gasteiger partial charge is 0.207 e. The fourth-order valence-corrected chi connectivity index (χ4v) is 9.53. The monoisotopic (exact) mass is 1080 g/mol. The third kappa shape index (κ3) is 8.03. The molecule has 0 spiro atoms. The minimum atomic E-state index is -7.22. The van der Waals surface area contributed by atoms with Crippen LogP contribution in [0.2, 0.25) is 0 Å². The van der Waals surface area contributed by atoms with Gasteiger partial charge in [0.1, 0.15) is 52.7 Å². The molecule has 1 aromatic heterocycles. The van der Waals surface area contributed by atoms with Crippen LogP contribution < -0.4 is 26.4 Å². The molecule has 0 unspecified atom stereocenters. The maximum atomic E-state index is 15.4. The second-order valence-corrected chi connectivity index (χ2v) is 16.9. The van der Waals surface area contributed by atoms with Gasteiger partial charge in [-0.3, -0.25) is 0 Å². The van der Waals surface area contributed by atoms with E-state index in [9.17, 15) is 52.7 Å². The number of halogens is 20. The summed E-state index contributed by atoms with van der Waals surface area (Å²) in [5.74, 6) is -71.4. The first-order valence-electron chi connectivity index (χ1n) is 21.7. The van der Waals surface area contributed by atoms with Crippen LogP contribution in [-0.2, 0) is 6.54 Å². The summed E-state index contributed by atoms with van der Waals surface area (Å²) in [6.07, 6.45) is -5.03. The molecule has 22 heteroatoms. The number of rotatable bonds is 7. The van der Waals surface area contributed by atoms with Gasteiger partial charge in [0.15, 0.2) is 82.5 Å². The van der Waals surface area contributed by atoms with Crippen LogP contribution in [0, 0.1) is 116 Å². The van der Waals surface area contributed by atoms with Crippen LogP contribution in [-0.4, -0.2) is 6.15 Å². The molecule has 0 aliphatic rings. The summed E-state index contributed by atoms with van der Waals surface area (Å²) in [6.45, 7) is 0.843. The van der Waals surface area contributed by atoms with E-state index in [2.05, 4.69) is 126 Å². The number of aromatic nitrogens is 1. The largest absolute Gasteiger partial charge is 0.214 e. The van der Waals surface area contributed by atoms with E-state index in [0.29, 0.717) is 0 Å². The molecule has 0 fully saturated rings. The Morgan fingerprint density at radius 3 is 1.00 bits per heavy atom. The highest BCUT2D eigenvalue weighted by Gasteiger charge is 2.52. The van der Waals surface area contributed by atoms with E-state index in [-0.39, 0.29) is 0 Å². The summed E-state index contributed by atoms with van der Waals surface area (Å²) < 4.78 is 296. The lowest BCUT2D eigenvalue weighted by atomic mass is 9.12. The van der Waals surface area contributed by atoms with Crippen molar-refractivity contribution in [1.82, 2.24) is 0 Å². The summed E-state index contributed by atoms with van der Waals surface area (Å²) in [4.78, 5) is 0. The number of pyridine rings is 1. The van der Waals surface area contributed by atoms with Gasteiger partial charge in [-0.1, -0.05) is 78.9 Å². The van der Waals surface area contributed by atoms with Crippen LogP contribution in [0.1, 0.15) is 5.56 Å². The normalized spacial score (nSPS) is 11.7. The van der Waals surface area contributed by atoms with Crippen molar-refractivity contribution in [2.24, 2.45) is 0 Å². The molecule has 0 radical (unpaired) electrons. The quantitative estimate of drug-likeness (QED) is 0.0374. The number of fused-ring (bicyclic) bond motifs is 3. The highest BCUT2D eigenvalue weighted by atomic mass is 19.2. The molecular weight excluding hydrogens is 1050 g/mol. The number of hydrogen-bond donors (Lipinski definition) is 0. The molecular formula is C54H22BF20N. The second kappa shape index (κ2) is 19.7. The molecule has 10 aromatic rings. The van der Waals surface area contributed by atoms with Crippen LogP contribution in [0.15, 0.2) is 121 Å². The number of benzene rings is 9. The minimum Gasteiger partial charge on any atom is -0.207 e. The van der Waals surface area contributed by atoms with Gasteiger partial charge in [-0.25, -0.2) is 87.8 Å². The van der Waals surface area contributed by atoms with E-state index >= 15 is 35.1 Å². The zero-order valence-electron chi connectivity index (χ0n) is 37.3. The standard InChI is InChI=1S/C30H22N.C24BF20/c1-2-10-22(11-3-1)21-31-17-9-8-16-29(31)30-27-15-7-6-14-25(27)19-26-18-23-12-4-5-13-24(23)20-28(26)30;26-5-1(6(27)14(35)21(42)13(5)34)25(2-7(28)15(36)22(43)16(37)8(2)29,3-9(30)17(38)23(44)18(39)10(3)31)4-11(32)19(40)24(45)20(41)12(4)33/h1-20H,21H2;/q+1;-1. The molecule has 1 nitrogen and oxygen atoms in total. The SMILES string of the molecule is Fc1c(F)c(F)c([B-](c2c(F)c(F)c(F)c(F)c2F)(c2c(F)c(F)c(F)c(F)c2F)c2c(F)c(F)c(F)c(F)c2F)c(F)c1F.c1ccc(C[n+]2ccccc2-c2c3ccccc3cc3cc4ccccc4cc23)cc1. The van der Waals surface area contributed by atoms with Gasteiger partial charge in [0.2, 0.25) is 5.69 Å². The van der Waals surface area contributed by atoms with Crippen molar-refractivity contribution in [3.8, 4) is 11.3 Å². The fraction of sp³-hybridized carbons (Fsp3) is 0.0185. The summed E-state index contributed by atoms with van der Waals surface area (Å²) >= 11 is 0. The van der Waals surface area contributed by atoms with Crippen molar-refractivity contribution in [3.63, 3.8) is 0 Å². The molecule has 0 amide bonds. The highest BCUT2D eigenvalue weighted by Crippen LogP contribution is 2.38. The van der Waals surface area contributed by atoms with Crippen molar-refractivity contribution >= 4 is 60.3 Å². The summed E-state index contributed by atoms with van der Waals surface area (Å²) in [6, 6.07) is 41.6. The highest BCUT2D eigenvalue weighted by molar-refractivity contribution is 7.20. The Labute approximate surface area is 413 Å². The van der Waals surface area contributed by atoms with Crippen LogP contribution in [0.25, 0.3) is 43.6 Å². The predicted molar refractivity (Wildman–Crippen MR) is 239 cm³/mol. The van der Waals surface area contributed by atoms with Crippen molar-refractivity contribution in [1.29, 1.82) is 0 Å². The Kier molecular flexibility index (Phi) is 13.6. The van der Waals surface area contributed by atoms with Gasteiger partial charge in [-0.15, -0.1) is 21.9 Å². The molecule has 0 saturated heterocycles. The average molecular weight is 1080 g/mol. The van der Waals surface area contributed by atoms with Gasteiger partial charge in [-0.2, -0.15) is 4.57 Å². The molecule has 0 bridgehead atoms. The molecule has 0 atom stereocenters. The Balaban J connectivity index is 0.000000197. The molecule has 0 N–H and O–H groups in total. The third-order valence-electron chi connectivity index (χ3n) is 12.8. The number of nitrogens with zero attached hydrogens (tertiary/aromatic N) is 1. The molecule has 9 aromatic carbocycles. The van der Waals surface area contributed by atoms with Crippen molar-refractivity contribution in [2.45, 2.75) is 6.54 Å². The van der Waals surface area contributed by atoms with E-state index in [0.717, 1.165) is 6.54 Å². The lowest BCUT2D eigenvalue weighted by Crippen LogP contribution is -2.81. The molecule has 0 aliphatic heterocycles. The first kappa shape index (κ1) is 52.4. The van der Waals surface area contributed by atoms with E-state index in [4.69, 9.17) is 0 Å². The fourth-order valence-electron chi connectivity index (χ4n) is 9.53. The van der Waals surface area contributed by atoms with Gasteiger partial charge < -0.3 is 0 Å².